The highest BCUT2D eigenvalue weighted by Crippen LogP contribution is 2.20. The Balaban J connectivity index is 2.78. The van der Waals surface area contributed by atoms with Crippen LogP contribution in [0.5, 0.6) is 0 Å². The minimum Gasteiger partial charge on any atom is -0.344 e. The van der Waals surface area contributed by atoms with Crippen molar-refractivity contribution in [1.29, 1.82) is 5.41 Å². The standard InChI is InChI=1S/C9H15FN2/c1-3-7-5-8(11)9(10)12(4-2)6-7/h6,9,11H,3-5H2,1-2H3. The lowest BCUT2D eigenvalue weighted by Gasteiger charge is -2.29. The summed E-state index contributed by atoms with van der Waals surface area (Å²) in [7, 11) is 0. The molecule has 0 aromatic rings. The molecule has 0 fully saturated rings. The van der Waals surface area contributed by atoms with Crippen molar-refractivity contribution in [3.63, 3.8) is 0 Å². The second-order valence-corrected chi connectivity index (χ2v) is 3.01. The van der Waals surface area contributed by atoms with Crippen LogP contribution in [0, 0.1) is 5.41 Å². The van der Waals surface area contributed by atoms with Gasteiger partial charge in [0, 0.05) is 19.2 Å². The van der Waals surface area contributed by atoms with E-state index in [1.54, 1.807) is 4.90 Å². The molecule has 1 aliphatic rings. The summed E-state index contributed by atoms with van der Waals surface area (Å²) in [4.78, 5) is 1.57. The summed E-state index contributed by atoms with van der Waals surface area (Å²) < 4.78 is 13.2. The Labute approximate surface area is 72.6 Å². The lowest BCUT2D eigenvalue weighted by Crippen LogP contribution is -2.37. The molecule has 0 aliphatic carbocycles. The molecule has 2 nitrogen and oxygen atoms in total. The number of allylic oxidation sites excluding steroid dienone is 1. The number of hydrogen-bond acceptors (Lipinski definition) is 2. The van der Waals surface area contributed by atoms with Crippen molar-refractivity contribution in [2.75, 3.05) is 6.54 Å². The zero-order valence-corrected chi connectivity index (χ0v) is 7.60. The Hall–Kier alpha value is -0.860. The van der Waals surface area contributed by atoms with Gasteiger partial charge in [0.25, 0.3) is 0 Å². The molecule has 0 saturated heterocycles. The molecule has 0 amide bonds. The third-order valence-electron chi connectivity index (χ3n) is 2.16. The van der Waals surface area contributed by atoms with Gasteiger partial charge in [-0.1, -0.05) is 6.92 Å². The van der Waals surface area contributed by atoms with Crippen LogP contribution in [0.3, 0.4) is 0 Å². The summed E-state index contributed by atoms with van der Waals surface area (Å²) in [6.45, 7) is 4.56. The molecule has 0 spiro atoms. The van der Waals surface area contributed by atoms with Crippen LogP contribution in [0.4, 0.5) is 4.39 Å². The van der Waals surface area contributed by atoms with Gasteiger partial charge in [-0.3, -0.25) is 0 Å². The van der Waals surface area contributed by atoms with Gasteiger partial charge in [-0.05, 0) is 18.9 Å². The maximum absolute atomic E-state index is 13.2. The van der Waals surface area contributed by atoms with E-state index in [2.05, 4.69) is 0 Å². The molecule has 0 aromatic carbocycles. The first kappa shape index (κ1) is 9.23. The second-order valence-electron chi connectivity index (χ2n) is 3.01. The van der Waals surface area contributed by atoms with Crippen LogP contribution < -0.4 is 0 Å². The Morgan fingerprint density at radius 1 is 1.67 bits per heavy atom. The van der Waals surface area contributed by atoms with Crippen molar-refractivity contribution < 1.29 is 4.39 Å². The first-order chi connectivity index (χ1) is 5.69. The molecule has 12 heavy (non-hydrogen) atoms. The first-order valence-electron chi connectivity index (χ1n) is 4.35. The van der Waals surface area contributed by atoms with Crippen molar-refractivity contribution in [1.82, 2.24) is 4.90 Å². The topological polar surface area (TPSA) is 27.1 Å². The maximum Gasteiger partial charge on any atom is 0.210 e. The fraction of sp³-hybridized carbons (Fsp3) is 0.667. The Morgan fingerprint density at radius 3 is 2.83 bits per heavy atom. The lowest BCUT2D eigenvalue weighted by atomic mass is 10.0. The third-order valence-corrected chi connectivity index (χ3v) is 2.16. The number of rotatable bonds is 2. The lowest BCUT2D eigenvalue weighted by molar-refractivity contribution is 0.193. The number of hydrogen-bond donors (Lipinski definition) is 1. The van der Waals surface area contributed by atoms with Crippen molar-refractivity contribution in [3.05, 3.63) is 11.8 Å². The summed E-state index contributed by atoms with van der Waals surface area (Å²) in [5.41, 5.74) is 1.34. The fourth-order valence-electron chi connectivity index (χ4n) is 1.34. The van der Waals surface area contributed by atoms with Crippen LogP contribution in [0.25, 0.3) is 0 Å². The largest absolute Gasteiger partial charge is 0.344 e. The Kier molecular flexibility index (Phi) is 2.84. The number of nitrogens with zero attached hydrogens (tertiary/aromatic N) is 1. The maximum atomic E-state index is 13.2. The predicted octanol–water partition coefficient (Wildman–Crippen LogP) is 2.32. The zero-order valence-electron chi connectivity index (χ0n) is 7.60. The van der Waals surface area contributed by atoms with Crippen molar-refractivity contribution in [2.45, 2.75) is 33.0 Å². The molecule has 1 N–H and O–H groups in total. The average molecular weight is 170 g/mol. The van der Waals surface area contributed by atoms with Crippen LogP contribution >= 0.6 is 0 Å². The van der Waals surface area contributed by atoms with Crippen LogP contribution in [0.1, 0.15) is 26.7 Å². The predicted molar refractivity (Wildman–Crippen MR) is 48.0 cm³/mol. The minimum absolute atomic E-state index is 0.191. The Morgan fingerprint density at radius 2 is 2.33 bits per heavy atom. The van der Waals surface area contributed by atoms with E-state index >= 15 is 0 Å². The summed E-state index contributed by atoms with van der Waals surface area (Å²) in [5.74, 6) is 0. The Bertz CT molecular complexity index is 211. The van der Waals surface area contributed by atoms with E-state index in [0.717, 1.165) is 12.0 Å². The van der Waals surface area contributed by atoms with Gasteiger partial charge in [-0.25, -0.2) is 4.39 Å². The second kappa shape index (κ2) is 3.70. The van der Waals surface area contributed by atoms with Gasteiger partial charge < -0.3 is 10.3 Å². The van der Waals surface area contributed by atoms with Crippen LogP contribution in [-0.4, -0.2) is 23.5 Å². The molecule has 1 heterocycles. The zero-order chi connectivity index (χ0) is 9.14. The molecule has 1 unspecified atom stereocenters. The van der Waals surface area contributed by atoms with E-state index in [9.17, 15) is 4.39 Å². The highest BCUT2D eigenvalue weighted by molar-refractivity contribution is 5.88. The molecule has 0 radical (unpaired) electrons. The summed E-state index contributed by atoms with van der Waals surface area (Å²) in [6, 6.07) is 0. The van der Waals surface area contributed by atoms with Crippen molar-refractivity contribution >= 4 is 5.71 Å². The van der Waals surface area contributed by atoms with Crippen LogP contribution in [-0.2, 0) is 0 Å². The normalized spacial score (nSPS) is 24.2. The van der Waals surface area contributed by atoms with Gasteiger partial charge >= 0.3 is 0 Å². The summed E-state index contributed by atoms with van der Waals surface area (Å²) in [5, 5.41) is 7.40. The van der Waals surface area contributed by atoms with Crippen molar-refractivity contribution in [3.8, 4) is 0 Å². The third kappa shape index (κ3) is 1.65. The average Bonchev–Trinajstić information content (AvgIpc) is 2.09. The summed E-state index contributed by atoms with van der Waals surface area (Å²) in [6.07, 6.45) is 2.08. The number of halogens is 1. The minimum atomic E-state index is -1.19. The molecule has 1 rings (SSSR count). The molecule has 0 aromatic heterocycles. The van der Waals surface area contributed by atoms with E-state index in [1.807, 2.05) is 20.0 Å². The van der Waals surface area contributed by atoms with Gasteiger partial charge in [0.2, 0.25) is 6.30 Å². The van der Waals surface area contributed by atoms with Crippen molar-refractivity contribution in [2.24, 2.45) is 0 Å². The van der Waals surface area contributed by atoms with Gasteiger partial charge in [-0.2, -0.15) is 0 Å². The molecule has 3 heteroatoms. The fourth-order valence-corrected chi connectivity index (χ4v) is 1.34. The quantitative estimate of drug-likeness (QED) is 0.633. The van der Waals surface area contributed by atoms with Gasteiger partial charge in [0.1, 0.15) is 0 Å². The molecule has 68 valence electrons. The van der Waals surface area contributed by atoms with Gasteiger partial charge in [-0.15, -0.1) is 0 Å². The molecular formula is C9H15FN2. The van der Waals surface area contributed by atoms with E-state index in [-0.39, 0.29) is 5.71 Å². The highest BCUT2D eigenvalue weighted by atomic mass is 19.1. The SMILES string of the molecule is CCC1=CN(CC)C(F)C(=N)C1. The van der Waals surface area contributed by atoms with Gasteiger partial charge in [0.05, 0.1) is 5.71 Å². The first-order valence-corrected chi connectivity index (χ1v) is 4.35. The molecule has 1 aliphatic heterocycles. The van der Waals surface area contributed by atoms with Crippen LogP contribution in [0.15, 0.2) is 11.8 Å². The highest BCUT2D eigenvalue weighted by Gasteiger charge is 2.23. The van der Waals surface area contributed by atoms with E-state index in [0.29, 0.717) is 13.0 Å². The molecular weight excluding hydrogens is 155 g/mol. The van der Waals surface area contributed by atoms with E-state index in [4.69, 9.17) is 5.41 Å². The van der Waals surface area contributed by atoms with Crippen LogP contribution in [0.2, 0.25) is 0 Å². The molecule has 1 atom stereocenters. The smallest absolute Gasteiger partial charge is 0.210 e. The van der Waals surface area contributed by atoms with E-state index in [1.165, 1.54) is 0 Å². The summed E-state index contributed by atoms with van der Waals surface area (Å²) >= 11 is 0. The molecule has 0 saturated carbocycles. The monoisotopic (exact) mass is 170 g/mol. The van der Waals surface area contributed by atoms with Gasteiger partial charge in [0.15, 0.2) is 0 Å². The number of alkyl halides is 1. The number of nitrogens with one attached hydrogen (secondary N) is 1. The van der Waals surface area contributed by atoms with E-state index < -0.39 is 6.30 Å². The molecule has 0 bridgehead atoms.